The van der Waals surface area contributed by atoms with Crippen LogP contribution in [-0.4, -0.2) is 51.2 Å². The van der Waals surface area contributed by atoms with Crippen molar-refractivity contribution in [2.75, 3.05) is 6.54 Å². The van der Waals surface area contributed by atoms with E-state index in [2.05, 4.69) is 0 Å². The number of carboxylic acids is 1. The molecule has 108 valence electrons. The van der Waals surface area contributed by atoms with Crippen molar-refractivity contribution in [2.24, 2.45) is 5.73 Å². The molecule has 1 heterocycles. The van der Waals surface area contributed by atoms with Gasteiger partial charge in [-0.2, -0.15) is 0 Å². The Bertz CT molecular complexity index is 366. The third kappa shape index (κ3) is 3.25. The van der Waals surface area contributed by atoms with Gasteiger partial charge in [0.1, 0.15) is 6.04 Å². The number of carbonyl (C=O) groups excluding carboxylic acids is 1. The highest BCUT2D eigenvalue weighted by molar-refractivity contribution is 5.85. The van der Waals surface area contributed by atoms with E-state index in [4.69, 9.17) is 10.8 Å². The number of aliphatic hydroxyl groups is 1. The molecule has 0 spiro atoms. The van der Waals surface area contributed by atoms with Gasteiger partial charge in [0.05, 0.1) is 6.10 Å². The fraction of sp³-hybridized carbons (Fsp3) is 0.846. The first-order chi connectivity index (χ1) is 8.91. The van der Waals surface area contributed by atoms with Crippen molar-refractivity contribution in [1.29, 1.82) is 0 Å². The maximum atomic E-state index is 12.3. The molecule has 2 aliphatic rings. The predicted octanol–water partition coefficient (Wildman–Crippen LogP) is 0.0845. The first-order valence-corrected chi connectivity index (χ1v) is 6.90. The van der Waals surface area contributed by atoms with Crippen LogP contribution in [-0.2, 0) is 9.59 Å². The number of rotatable bonds is 3. The molecule has 2 fully saturated rings. The van der Waals surface area contributed by atoms with Gasteiger partial charge in [-0.3, -0.25) is 4.79 Å². The first kappa shape index (κ1) is 14.3. The lowest BCUT2D eigenvalue weighted by molar-refractivity contribution is -0.148. The largest absolute Gasteiger partial charge is 0.480 e. The molecule has 1 amide bonds. The number of carbonyl (C=O) groups is 2. The molecule has 19 heavy (non-hydrogen) atoms. The second-order valence-corrected chi connectivity index (χ2v) is 5.89. The number of hydrogen-bond donors (Lipinski definition) is 3. The van der Waals surface area contributed by atoms with Gasteiger partial charge >= 0.3 is 5.97 Å². The number of β-amino-alcohol motifs (C(OH)–C–C–N with tert-alkyl or cyclic N) is 1. The molecule has 0 aromatic heterocycles. The van der Waals surface area contributed by atoms with Crippen LogP contribution in [0.3, 0.4) is 0 Å². The highest BCUT2D eigenvalue weighted by Crippen LogP contribution is 2.30. The third-order valence-electron chi connectivity index (χ3n) is 4.24. The van der Waals surface area contributed by atoms with Gasteiger partial charge in [-0.15, -0.1) is 0 Å². The Hall–Kier alpha value is -1.14. The zero-order valence-electron chi connectivity index (χ0n) is 11.0. The average molecular weight is 270 g/mol. The highest BCUT2D eigenvalue weighted by atomic mass is 16.4. The smallest absolute Gasteiger partial charge is 0.326 e. The summed E-state index contributed by atoms with van der Waals surface area (Å²) in [5.74, 6) is -1.30. The molecule has 6 heteroatoms. The molecule has 0 aromatic rings. The summed E-state index contributed by atoms with van der Waals surface area (Å²) in [6, 6.07) is -0.908. The summed E-state index contributed by atoms with van der Waals surface area (Å²) in [4.78, 5) is 24.6. The van der Waals surface area contributed by atoms with Gasteiger partial charge in [-0.05, 0) is 12.8 Å². The Kier molecular flexibility index (Phi) is 4.10. The molecule has 6 nitrogen and oxygen atoms in total. The lowest BCUT2D eigenvalue weighted by Crippen LogP contribution is -2.49. The maximum absolute atomic E-state index is 12.3. The number of carboxylic acid groups (broad SMARTS) is 1. The predicted molar refractivity (Wildman–Crippen MR) is 68.4 cm³/mol. The van der Waals surface area contributed by atoms with Gasteiger partial charge in [0.2, 0.25) is 5.91 Å². The van der Waals surface area contributed by atoms with Crippen LogP contribution in [0.5, 0.6) is 0 Å². The minimum absolute atomic E-state index is 0.103. The SMILES string of the molecule is NC1(CC(=O)N2C[C@H](O)C[C@@H]2C(=O)O)CCCCC1. The Morgan fingerprint density at radius 1 is 1.26 bits per heavy atom. The first-order valence-electron chi connectivity index (χ1n) is 6.90. The van der Waals surface area contributed by atoms with E-state index in [0.717, 1.165) is 32.1 Å². The average Bonchev–Trinajstić information content (AvgIpc) is 2.72. The van der Waals surface area contributed by atoms with E-state index in [1.165, 1.54) is 4.90 Å². The van der Waals surface area contributed by atoms with E-state index in [1.807, 2.05) is 0 Å². The molecule has 1 aliphatic heterocycles. The molecular formula is C13H22N2O4. The van der Waals surface area contributed by atoms with E-state index in [0.29, 0.717) is 0 Å². The minimum atomic E-state index is -1.06. The van der Waals surface area contributed by atoms with Crippen LogP contribution in [0.25, 0.3) is 0 Å². The second-order valence-electron chi connectivity index (χ2n) is 5.89. The van der Waals surface area contributed by atoms with Crippen molar-refractivity contribution >= 4 is 11.9 Å². The van der Waals surface area contributed by atoms with Crippen molar-refractivity contribution in [3.8, 4) is 0 Å². The van der Waals surface area contributed by atoms with Crippen LogP contribution < -0.4 is 5.73 Å². The van der Waals surface area contributed by atoms with Gasteiger partial charge in [0.15, 0.2) is 0 Å². The summed E-state index contributed by atoms with van der Waals surface area (Å²) >= 11 is 0. The molecule has 0 bridgehead atoms. The number of nitrogens with zero attached hydrogens (tertiary/aromatic N) is 1. The van der Waals surface area contributed by atoms with Crippen molar-refractivity contribution in [2.45, 2.75) is 62.6 Å². The summed E-state index contributed by atoms with van der Waals surface area (Å²) in [6.45, 7) is 0.103. The molecular weight excluding hydrogens is 248 g/mol. The standard InChI is InChI=1S/C13H22N2O4/c14-13(4-2-1-3-5-13)7-11(17)15-8-9(16)6-10(15)12(18)19/h9-10,16H,1-8,14H2,(H,18,19)/t9-,10-/m1/s1. The van der Waals surface area contributed by atoms with Gasteiger partial charge < -0.3 is 20.8 Å². The van der Waals surface area contributed by atoms with E-state index in [-0.39, 0.29) is 25.3 Å². The van der Waals surface area contributed by atoms with E-state index >= 15 is 0 Å². The van der Waals surface area contributed by atoms with Crippen molar-refractivity contribution in [3.63, 3.8) is 0 Å². The number of hydrogen-bond acceptors (Lipinski definition) is 4. The molecule has 2 atom stereocenters. The molecule has 1 saturated carbocycles. The zero-order valence-corrected chi connectivity index (χ0v) is 11.0. The van der Waals surface area contributed by atoms with E-state index in [1.54, 1.807) is 0 Å². The summed E-state index contributed by atoms with van der Waals surface area (Å²) in [7, 11) is 0. The molecule has 0 unspecified atom stereocenters. The van der Waals surface area contributed by atoms with Gasteiger partial charge in [-0.1, -0.05) is 19.3 Å². The molecule has 2 rings (SSSR count). The lowest BCUT2D eigenvalue weighted by atomic mass is 9.80. The molecule has 4 N–H and O–H groups in total. The van der Waals surface area contributed by atoms with Crippen molar-refractivity contribution in [3.05, 3.63) is 0 Å². The van der Waals surface area contributed by atoms with Crippen LogP contribution in [0.2, 0.25) is 0 Å². The number of nitrogens with two attached hydrogens (primary N) is 1. The number of amides is 1. The Labute approximate surface area is 112 Å². The zero-order chi connectivity index (χ0) is 14.0. The Balaban J connectivity index is 2.00. The quantitative estimate of drug-likeness (QED) is 0.674. The lowest BCUT2D eigenvalue weighted by Gasteiger charge is -2.34. The number of aliphatic carboxylic acids is 1. The van der Waals surface area contributed by atoms with Crippen LogP contribution in [0.1, 0.15) is 44.9 Å². The number of likely N-dealkylation sites (tertiary alicyclic amines) is 1. The molecule has 0 radical (unpaired) electrons. The second kappa shape index (κ2) is 5.46. The minimum Gasteiger partial charge on any atom is -0.480 e. The third-order valence-corrected chi connectivity index (χ3v) is 4.24. The Morgan fingerprint density at radius 3 is 2.47 bits per heavy atom. The van der Waals surface area contributed by atoms with Gasteiger partial charge in [-0.25, -0.2) is 4.79 Å². The van der Waals surface area contributed by atoms with Crippen LogP contribution >= 0.6 is 0 Å². The topological polar surface area (TPSA) is 104 Å². The normalized spacial score (nSPS) is 30.3. The van der Waals surface area contributed by atoms with Crippen LogP contribution in [0.4, 0.5) is 0 Å². The van der Waals surface area contributed by atoms with Crippen LogP contribution in [0, 0.1) is 0 Å². The summed E-state index contributed by atoms with van der Waals surface area (Å²) in [6.07, 6.45) is 4.36. The molecule has 1 aliphatic carbocycles. The molecule has 1 saturated heterocycles. The van der Waals surface area contributed by atoms with Crippen molar-refractivity contribution < 1.29 is 19.8 Å². The molecule has 0 aromatic carbocycles. The maximum Gasteiger partial charge on any atom is 0.326 e. The monoisotopic (exact) mass is 270 g/mol. The summed E-state index contributed by atoms with van der Waals surface area (Å²) in [5, 5.41) is 18.6. The van der Waals surface area contributed by atoms with Crippen LogP contribution in [0.15, 0.2) is 0 Å². The van der Waals surface area contributed by atoms with Crippen molar-refractivity contribution in [1.82, 2.24) is 4.90 Å². The van der Waals surface area contributed by atoms with Gasteiger partial charge in [0.25, 0.3) is 0 Å². The Morgan fingerprint density at radius 2 is 1.89 bits per heavy atom. The van der Waals surface area contributed by atoms with E-state index < -0.39 is 23.7 Å². The fourth-order valence-corrected chi connectivity index (χ4v) is 3.16. The fourth-order valence-electron chi connectivity index (χ4n) is 3.16. The number of aliphatic hydroxyl groups excluding tert-OH is 1. The highest BCUT2D eigenvalue weighted by Gasteiger charge is 2.41. The van der Waals surface area contributed by atoms with Gasteiger partial charge in [0, 0.05) is 24.9 Å². The van der Waals surface area contributed by atoms with E-state index in [9.17, 15) is 14.7 Å². The summed E-state index contributed by atoms with van der Waals surface area (Å²) in [5.41, 5.74) is 5.73. The summed E-state index contributed by atoms with van der Waals surface area (Å²) < 4.78 is 0.